The van der Waals surface area contributed by atoms with Gasteiger partial charge in [0.1, 0.15) is 0 Å². The molecule has 0 aromatic heterocycles. The minimum Gasteiger partial charge on any atom is -0.330 e. The quantitative estimate of drug-likeness (QED) is 0.557. The maximum absolute atomic E-state index is 11.5. The fourth-order valence-corrected chi connectivity index (χ4v) is 0.295. The molecule has 0 saturated heterocycles. The van der Waals surface area contributed by atoms with E-state index in [0.29, 0.717) is 0 Å². The molecule has 0 aliphatic carbocycles. The van der Waals surface area contributed by atoms with E-state index < -0.39 is 6.43 Å². The van der Waals surface area contributed by atoms with Crippen molar-refractivity contribution in [1.82, 2.24) is 0 Å². The molecule has 0 atom stereocenters. The Morgan fingerprint density at radius 1 is 1.62 bits per heavy atom. The van der Waals surface area contributed by atoms with Crippen LogP contribution in [0.2, 0.25) is 0 Å². The van der Waals surface area contributed by atoms with Gasteiger partial charge in [0, 0.05) is 0 Å². The molecule has 1 nitrogen and oxygen atoms in total. The summed E-state index contributed by atoms with van der Waals surface area (Å²) in [5.74, 6) is 0. The molecular formula is C5H9F2N. The highest BCUT2D eigenvalue weighted by molar-refractivity contribution is 4.97. The summed E-state index contributed by atoms with van der Waals surface area (Å²) in [6.45, 7) is 3.37. The maximum Gasteiger partial charge on any atom is 0.259 e. The zero-order valence-electron chi connectivity index (χ0n) is 4.53. The van der Waals surface area contributed by atoms with E-state index in [9.17, 15) is 8.78 Å². The van der Waals surface area contributed by atoms with Gasteiger partial charge in [-0.1, -0.05) is 6.58 Å². The van der Waals surface area contributed by atoms with Crippen molar-refractivity contribution in [2.24, 2.45) is 5.73 Å². The van der Waals surface area contributed by atoms with Crippen LogP contribution in [0.3, 0.4) is 0 Å². The van der Waals surface area contributed by atoms with Gasteiger partial charge in [-0.15, -0.1) is 0 Å². The number of nitrogens with two attached hydrogens (primary N) is 1. The highest BCUT2D eigenvalue weighted by Gasteiger charge is 2.04. The summed E-state index contributed by atoms with van der Waals surface area (Å²) in [4.78, 5) is 0. The predicted molar refractivity (Wildman–Crippen MR) is 28.8 cm³/mol. The van der Waals surface area contributed by atoms with Crippen LogP contribution in [0.15, 0.2) is 12.2 Å². The molecule has 0 unspecified atom stereocenters. The Kier molecular flexibility index (Phi) is 3.35. The second kappa shape index (κ2) is 3.55. The molecule has 0 aromatic carbocycles. The molecule has 0 radical (unpaired) electrons. The summed E-state index contributed by atoms with van der Waals surface area (Å²) in [5, 5.41) is 0. The zero-order chi connectivity index (χ0) is 6.57. The van der Waals surface area contributed by atoms with Gasteiger partial charge in [0.25, 0.3) is 6.43 Å². The minimum absolute atomic E-state index is 0.0764. The number of hydrogen-bond acceptors (Lipinski definition) is 1. The second-order valence-electron chi connectivity index (χ2n) is 1.50. The first-order valence-electron chi connectivity index (χ1n) is 2.34. The maximum atomic E-state index is 11.5. The third-order valence-corrected chi connectivity index (χ3v) is 0.774. The summed E-state index contributed by atoms with van der Waals surface area (Å²) in [5.41, 5.74) is 4.90. The van der Waals surface area contributed by atoms with Gasteiger partial charge in [-0.3, -0.25) is 0 Å². The van der Waals surface area contributed by atoms with Gasteiger partial charge in [0.05, 0.1) is 0 Å². The molecule has 2 N–H and O–H groups in total. The Labute approximate surface area is 47.2 Å². The lowest BCUT2D eigenvalue weighted by molar-refractivity contribution is 0.186. The van der Waals surface area contributed by atoms with Crippen LogP contribution >= 0.6 is 0 Å². The van der Waals surface area contributed by atoms with Crippen molar-refractivity contribution in [3.05, 3.63) is 12.2 Å². The largest absolute Gasteiger partial charge is 0.330 e. The highest BCUT2D eigenvalue weighted by atomic mass is 19.3. The first-order valence-corrected chi connectivity index (χ1v) is 2.34. The zero-order valence-corrected chi connectivity index (χ0v) is 4.53. The topological polar surface area (TPSA) is 26.0 Å². The molecular weight excluding hydrogens is 112 g/mol. The van der Waals surface area contributed by atoms with Crippen LogP contribution in [0.5, 0.6) is 0 Å². The fourth-order valence-electron chi connectivity index (χ4n) is 0.295. The summed E-state index contributed by atoms with van der Waals surface area (Å²) in [6, 6.07) is 0. The minimum atomic E-state index is -2.40. The summed E-state index contributed by atoms with van der Waals surface area (Å²) in [7, 11) is 0. The van der Waals surface area contributed by atoms with Crippen LogP contribution in [0.4, 0.5) is 8.78 Å². The first-order chi connectivity index (χ1) is 3.68. The molecule has 8 heavy (non-hydrogen) atoms. The van der Waals surface area contributed by atoms with Crippen LogP contribution < -0.4 is 5.73 Å². The van der Waals surface area contributed by atoms with E-state index in [2.05, 4.69) is 6.58 Å². The smallest absolute Gasteiger partial charge is 0.259 e. The van der Waals surface area contributed by atoms with Gasteiger partial charge in [-0.25, -0.2) is 8.78 Å². The average molecular weight is 121 g/mol. The Morgan fingerprint density at radius 3 is 2.25 bits per heavy atom. The summed E-state index contributed by atoms with van der Waals surface area (Å²) >= 11 is 0. The Hall–Kier alpha value is -0.440. The molecule has 0 amide bonds. The van der Waals surface area contributed by atoms with Crippen molar-refractivity contribution in [2.75, 3.05) is 6.54 Å². The normalized spacial score (nSPS) is 10.0. The summed E-state index contributed by atoms with van der Waals surface area (Å²) < 4.78 is 22.9. The highest BCUT2D eigenvalue weighted by Crippen LogP contribution is 2.07. The second-order valence-corrected chi connectivity index (χ2v) is 1.50. The van der Waals surface area contributed by atoms with Crippen molar-refractivity contribution in [2.45, 2.75) is 12.8 Å². The SMILES string of the molecule is C=C(CCN)C(F)F. The molecule has 0 aliphatic heterocycles. The van der Waals surface area contributed by atoms with Gasteiger partial charge in [-0.2, -0.15) is 0 Å². The van der Waals surface area contributed by atoms with Crippen LogP contribution in [-0.2, 0) is 0 Å². The van der Waals surface area contributed by atoms with Crippen LogP contribution in [-0.4, -0.2) is 13.0 Å². The van der Waals surface area contributed by atoms with Crippen molar-refractivity contribution >= 4 is 0 Å². The van der Waals surface area contributed by atoms with Gasteiger partial charge in [0.15, 0.2) is 0 Å². The van der Waals surface area contributed by atoms with Crippen molar-refractivity contribution in [1.29, 1.82) is 0 Å². The first kappa shape index (κ1) is 7.56. The van der Waals surface area contributed by atoms with E-state index in [1.54, 1.807) is 0 Å². The average Bonchev–Trinajstić information content (AvgIpc) is 1.67. The lowest BCUT2D eigenvalue weighted by atomic mass is 10.2. The van der Waals surface area contributed by atoms with Crippen LogP contribution in [0.25, 0.3) is 0 Å². The predicted octanol–water partition coefficient (Wildman–Crippen LogP) is 1.16. The van der Waals surface area contributed by atoms with E-state index in [1.165, 1.54) is 0 Å². The van der Waals surface area contributed by atoms with Gasteiger partial charge in [-0.05, 0) is 18.5 Å². The molecule has 0 spiro atoms. The number of hydrogen-bond donors (Lipinski definition) is 1. The third kappa shape index (κ3) is 2.69. The third-order valence-electron chi connectivity index (χ3n) is 0.774. The molecule has 0 rings (SSSR count). The molecule has 0 heterocycles. The summed E-state index contributed by atoms with van der Waals surface area (Å²) in [6.07, 6.45) is -2.18. The van der Waals surface area contributed by atoms with Gasteiger partial charge >= 0.3 is 0 Å². The Morgan fingerprint density at radius 2 is 2.12 bits per heavy atom. The lowest BCUT2D eigenvalue weighted by Gasteiger charge is -1.98. The fraction of sp³-hybridized carbons (Fsp3) is 0.600. The van der Waals surface area contributed by atoms with Crippen LogP contribution in [0.1, 0.15) is 6.42 Å². The molecule has 0 aromatic rings. The van der Waals surface area contributed by atoms with Crippen molar-refractivity contribution in [3.8, 4) is 0 Å². The van der Waals surface area contributed by atoms with E-state index in [-0.39, 0.29) is 18.5 Å². The Balaban J connectivity index is 3.33. The molecule has 0 bridgehead atoms. The number of alkyl halides is 2. The van der Waals surface area contributed by atoms with E-state index in [0.717, 1.165) is 0 Å². The Bertz CT molecular complexity index is 80.5. The number of rotatable bonds is 3. The monoisotopic (exact) mass is 121 g/mol. The van der Waals surface area contributed by atoms with E-state index in [4.69, 9.17) is 5.73 Å². The van der Waals surface area contributed by atoms with Crippen molar-refractivity contribution < 1.29 is 8.78 Å². The molecule has 3 heteroatoms. The molecule has 0 fully saturated rings. The van der Waals surface area contributed by atoms with Gasteiger partial charge < -0.3 is 5.73 Å². The van der Waals surface area contributed by atoms with Gasteiger partial charge in [0.2, 0.25) is 0 Å². The van der Waals surface area contributed by atoms with E-state index in [1.807, 2.05) is 0 Å². The van der Waals surface area contributed by atoms with Crippen LogP contribution in [0, 0.1) is 0 Å². The van der Waals surface area contributed by atoms with Crippen molar-refractivity contribution in [3.63, 3.8) is 0 Å². The molecule has 0 saturated carbocycles. The number of halogens is 2. The molecule has 48 valence electrons. The van der Waals surface area contributed by atoms with E-state index >= 15 is 0 Å². The molecule has 0 aliphatic rings. The standard InChI is InChI=1S/C5H9F2N/c1-4(2-3-8)5(6)7/h5H,1-3,8H2. The lowest BCUT2D eigenvalue weighted by Crippen LogP contribution is -2.04.